The molecule has 1 heterocycles. The maximum absolute atomic E-state index is 12.6. The fraction of sp³-hybridized carbons (Fsp3) is 0.188. The summed E-state index contributed by atoms with van der Waals surface area (Å²) in [6.45, 7) is 4.77. The summed E-state index contributed by atoms with van der Waals surface area (Å²) in [7, 11) is -3.97. The molecule has 0 bridgehead atoms. The first-order chi connectivity index (χ1) is 11.2. The molecule has 0 aliphatic carbocycles. The molecule has 0 aliphatic rings. The van der Waals surface area contributed by atoms with Gasteiger partial charge in [-0.05, 0) is 51.1 Å². The van der Waals surface area contributed by atoms with Gasteiger partial charge in [-0.2, -0.15) is 0 Å². The number of carbonyl (C=O) groups is 1. The lowest BCUT2D eigenvalue weighted by Crippen LogP contribution is -2.13. The Hall–Kier alpha value is -2.25. The highest BCUT2D eigenvalue weighted by Gasteiger charge is 2.24. The molecule has 0 spiro atoms. The van der Waals surface area contributed by atoms with Gasteiger partial charge in [0.25, 0.3) is 0 Å². The van der Waals surface area contributed by atoms with Gasteiger partial charge in [0.1, 0.15) is 4.91 Å². The van der Waals surface area contributed by atoms with Crippen molar-refractivity contribution >= 4 is 33.2 Å². The Balaban J connectivity index is 2.41. The molecule has 0 atom stereocenters. The molecule has 2 aromatic rings. The molecule has 0 unspecified atom stereocenters. The van der Waals surface area contributed by atoms with Crippen molar-refractivity contribution in [2.75, 3.05) is 5.32 Å². The van der Waals surface area contributed by atoms with Crippen LogP contribution in [0, 0.1) is 13.8 Å². The standard InChI is InChI=1S/C16H16ClN3O3S/c1-10-8-11(2)20-16(19-10)18-9-15(12(3)21)24(22,23)14-6-4-13(17)5-7-14/h4-9H,1-3H3,(H,18,19,20)/b15-9+. The molecule has 0 amide bonds. The number of ketones is 1. The second-order valence-electron chi connectivity index (χ2n) is 5.14. The minimum Gasteiger partial charge on any atom is -0.329 e. The molecular formula is C16H16ClN3O3S. The smallest absolute Gasteiger partial charge is 0.227 e. The van der Waals surface area contributed by atoms with Gasteiger partial charge in [0.2, 0.25) is 15.8 Å². The normalized spacial score (nSPS) is 12.1. The van der Waals surface area contributed by atoms with Crippen LogP contribution in [0.3, 0.4) is 0 Å². The van der Waals surface area contributed by atoms with Crippen LogP contribution in [0.2, 0.25) is 5.02 Å². The number of nitrogens with one attached hydrogen (secondary N) is 1. The number of halogens is 1. The van der Waals surface area contributed by atoms with Gasteiger partial charge in [0, 0.05) is 22.6 Å². The fourth-order valence-corrected chi connectivity index (χ4v) is 3.50. The Labute approximate surface area is 145 Å². The van der Waals surface area contributed by atoms with E-state index in [-0.39, 0.29) is 15.7 Å². The van der Waals surface area contributed by atoms with Gasteiger partial charge in [-0.15, -0.1) is 0 Å². The summed E-state index contributed by atoms with van der Waals surface area (Å²) in [6.07, 6.45) is 1.11. The number of anilines is 1. The molecule has 6 nitrogen and oxygen atoms in total. The van der Waals surface area contributed by atoms with E-state index in [0.29, 0.717) is 5.02 Å². The van der Waals surface area contributed by atoms with Crippen LogP contribution >= 0.6 is 11.6 Å². The molecule has 0 aliphatic heterocycles. The first-order valence-corrected chi connectivity index (χ1v) is 8.87. The molecule has 0 saturated heterocycles. The van der Waals surface area contributed by atoms with E-state index in [1.165, 1.54) is 31.2 Å². The van der Waals surface area contributed by atoms with Crippen molar-refractivity contribution in [1.82, 2.24) is 9.97 Å². The van der Waals surface area contributed by atoms with Crippen LogP contribution in [0.25, 0.3) is 0 Å². The second-order valence-corrected chi connectivity index (χ2v) is 7.50. The van der Waals surface area contributed by atoms with Crippen molar-refractivity contribution in [3.8, 4) is 0 Å². The molecule has 1 aromatic heterocycles. The van der Waals surface area contributed by atoms with Crippen molar-refractivity contribution < 1.29 is 13.2 Å². The highest BCUT2D eigenvalue weighted by Crippen LogP contribution is 2.22. The Morgan fingerprint density at radius 3 is 2.17 bits per heavy atom. The maximum atomic E-state index is 12.6. The van der Waals surface area contributed by atoms with E-state index in [9.17, 15) is 13.2 Å². The number of sulfone groups is 1. The molecule has 8 heteroatoms. The van der Waals surface area contributed by atoms with E-state index in [4.69, 9.17) is 11.6 Å². The highest BCUT2D eigenvalue weighted by molar-refractivity contribution is 7.96. The molecule has 0 fully saturated rings. The zero-order valence-corrected chi connectivity index (χ0v) is 14.9. The predicted octanol–water partition coefficient (Wildman–Crippen LogP) is 3.06. The Morgan fingerprint density at radius 2 is 1.67 bits per heavy atom. The summed E-state index contributed by atoms with van der Waals surface area (Å²) in [5.41, 5.74) is 1.45. The maximum Gasteiger partial charge on any atom is 0.227 e. The van der Waals surface area contributed by atoms with Crippen LogP contribution in [0.1, 0.15) is 18.3 Å². The number of nitrogens with zero attached hydrogens (tertiary/aromatic N) is 2. The number of hydrogen-bond acceptors (Lipinski definition) is 6. The SMILES string of the molecule is CC(=O)/C(=C\Nc1nc(C)cc(C)n1)S(=O)(=O)c1ccc(Cl)cc1. The van der Waals surface area contributed by atoms with Crippen molar-refractivity contribution in [1.29, 1.82) is 0 Å². The van der Waals surface area contributed by atoms with E-state index in [0.717, 1.165) is 17.6 Å². The van der Waals surface area contributed by atoms with Gasteiger partial charge in [0.05, 0.1) is 4.90 Å². The average Bonchev–Trinajstić information content (AvgIpc) is 2.46. The fourth-order valence-electron chi connectivity index (χ4n) is 2.03. The lowest BCUT2D eigenvalue weighted by Gasteiger charge is -2.08. The predicted molar refractivity (Wildman–Crippen MR) is 92.5 cm³/mol. The topological polar surface area (TPSA) is 89.0 Å². The lowest BCUT2D eigenvalue weighted by molar-refractivity contribution is -0.113. The summed E-state index contributed by atoms with van der Waals surface area (Å²) >= 11 is 5.77. The molecule has 126 valence electrons. The minimum atomic E-state index is -3.97. The van der Waals surface area contributed by atoms with Crippen LogP contribution in [0.5, 0.6) is 0 Å². The third kappa shape index (κ3) is 4.18. The lowest BCUT2D eigenvalue weighted by atomic mass is 10.3. The highest BCUT2D eigenvalue weighted by atomic mass is 35.5. The van der Waals surface area contributed by atoms with Crippen molar-refractivity contribution in [2.45, 2.75) is 25.7 Å². The number of aromatic nitrogens is 2. The zero-order chi connectivity index (χ0) is 17.9. The van der Waals surface area contributed by atoms with Crippen molar-refractivity contribution in [3.05, 3.63) is 57.8 Å². The van der Waals surface area contributed by atoms with Gasteiger partial charge in [-0.1, -0.05) is 11.6 Å². The number of benzene rings is 1. The molecule has 24 heavy (non-hydrogen) atoms. The summed E-state index contributed by atoms with van der Waals surface area (Å²) in [5.74, 6) is -0.376. The molecule has 0 radical (unpaired) electrons. The van der Waals surface area contributed by atoms with Crippen LogP contribution in [-0.4, -0.2) is 24.2 Å². The number of hydrogen-bond donors (Lipinski definition) is 1. The monoisotopic (exact) mass is 365 g/mol. The third-order valence-electron chi connectivity index (χ3n) is 3.08. The zero-order valence-electron chi connectivity index (χ0n) is 13.4. The van der Waals surface area contributed by atoms with E-state index in [1.807, 2.05) is 0 Å². The second kappa shape index (κ2) is 7.11. The van der Waals surface area contributed by atoms with Crippen molar-refractivity contribution in [3.63, 3.8) is 0 Å². The summed E-state index contributed by atoms with van der Waals surface area (Å²) in [4.78, 5) is 19.7. The summed E-state index contributed by atoms with van der Waals surface area (Å²) in [5, 5.41) is 3.09. The number of aryl methyl sites for hydroxylation is 2. The summed E-state index contributed by atoms with van der Waals surface area (Å²) in [6, 6.07) is 7.38. The first kappa shape index (κ1) is 18.1. The molecule has 0 saturated carbocycles. The van der Waals surface area contributed by atoms with Gasteiger partial charge in [-0.25, -0.2) is 18.4 Å². The number of rotatable bonds is 5. The van der Waals surface area contributed by atoms with E-state index < -0.39 is 15.6 Å². The van der Waals surface area contributed by atoms with Crippen LogP contribution in [0.15, 0.2) is 46.3 Å². The minimum absolute atomic E-state index is 0.0171. The van der Waals surface area contributed by atoms with Gasteiger partial charge in [-0.3, -0.25) is 4.79 Å². The Kier molecular flexibility index (Phi) is 5.36. The average molecular weight is 366 g/mol. The Morgan fingerprint density at radius 1 is 1.12 bits per heavy atom. The van der Waals surface area contributed by atoms with Crippen LogP contribution in [-0.2, 0) is 14.6 Å². The number of allylic oxidation sites excluding steroid dienone is 1. The summed E-state index contributed by atoms with van der Waals surface area (Å²) < 4.78 is 25.3. The molecule has 1 N–H and O–H groups in total. The first-order valence-electron chi connectivity index (χ1n) is 7.01. The molecular weight excluding hydrogens is 350 g/mol. The van der Waals surface area contributed by atoms with E-state index in [1.54, 1.807) is 19.9 Å². The largest absolute Gasteiger partial charge is 0.329 e. The third-order valence-corrected chi connectivity index (χ3v) is 5.20. The van der Waals surface area contributed by atoms with Crippen LogP contribution < -0.4 is 5.32 Å². The number of carbonyl (C=O) groups excluding carboxylic acids is 1. The van der Waals surface area contributed by atoms with Crippen LogP contribution in [0.4, 0.5) is 5.95 Å². The molecule has 1 aromatic carbocycles. The number of Topliss-reactive ketones (excluding diaryl/α,β-unsaturated/α-hetero) is 1. The van der Waals surface area contributed by atoms with E-state index >= 15 is 0 Å². The van der Waals surface area contributed by atoms with E-state index in [2.05, 4.69) is 15.3 Å². The van der Waals surface area contributed by atoms with Gasteiger partial charge >= 0.3 is 0 Å². The van der Waals surface area contributed by atoms with Gasteiger partial charge in [0.15, 0.2) is 5.78 Å². The quantitative estimate of drug-likeness (QED) is 0.819. The Bertz CT molecular complexity index is 886. The van der Waals surface area contributed by atoms with Gasteiger partial charge < -0.3 is 5.32 Å². The molecule has 2 rings (SSSR count). The van der Waals surface area contributed by atoms with Crippen molar-refractivity contribution in [2.24, 2.45) is 0 Å².